The monoisotopic (exact) mass is 401 g/mol. The second-order valence-corrected chi connectivity index (χ2v) is 6.98. The summed E-state index contributed by atoms with van der Waals surface area (Å²) in [5.74, 6) is 1.27. The summed E-state index contributed by atoms with van der Waals surface area (Å²) in [4.78, 5) is 16.5. The number of anilines is 1. The fraction of sp³-hybridized carbons (Fsp3) is 0.167. The standard InChI is InChI=1S/C24H23N3O3/c1-3-17(2)29-21-13-14-23-22(15-21)25-16-27(23)19-9-11-20(12-10-19)30-24(28)26-18-7-5-4-6-8-18/h4-17H,3H2,1-2H3,(H,26,28). The number of nitrogens with zero attached hydrogens (tertiary/aromatic N) is 2. The van der Waals surface area contributed by atoms with Gasteiger partial charge in [-0.15, -0.1) is 0 Å². The lowest BCUT2D eigenvalue weighted by molar-refractivity contribution is 0.215. The molecule has 1 aromatic heterocycles. The molecule has 1 N–H and O–H groups in total. The normalized spacial score (nSPS) is 11.8. The van der Waals surface area contributed by atoms with Crippen molar-refractivity contribution in [3.05, 3.63) is 79.1 Å². The van der Waals surface area contributed by atoms with Crippen molar-refractivity contribution in [2.45, 2.75) is 26.4 Å². The molecular weight excluding hydrogens is 378 g/mol. The Morgan fingerprint density at radius 2 is 1.77 bits per heavy atom. The van der Waals surface area contributed by atoms with Crippen LogP contribution in [0.15, 0.2) is 79.1 Å². The average molecular weight is 401 g/mol. The molecule has 1 amide bonds. The van der Waals surface area contributed by atoms with Gasteiger partial charge in [-0.2, -0.15) is 0 Å². The molecule has 4 rings (SSSR count). The third-order valence-corrected chi connectivity index (χ3v) is 4.78. The highest BCUT2D eigenvalue weighted by Crippen LogP contribution is 2.25. The number of aromatic nitrogens is 2. The fourth-order valence-corrected chi connectivity index (χ4v) is 3.03. The van der Waals surface area contributed by atoms with Crippen molar-refractivity contribution in [1.29, 1.82) is 0 Å². The summed E-state index contributed by atoms with van der Waals surface area (Å²) in [6.07, 6.45) is 2.35. The van der Waals surface area contributed by atoms with Gasteiger partial charge in [-0.05, 0) is 61.9 Å². The molecular formula is C24H23N3O3. The number of carbonyl (C=O) groups is 1. The highest BCUT2D eigenvalue weighted by atomic mass is 16.6. The number of hydrogen-bond donors (Lipinski definition) is 1. The highest BCUT2D eigenvalue weighted by molar-refractivity contribution is 5.86. The van der Waals surface area contributed by atoms with Crippen molar-refractivity contribution in [3.8, 4) is 17.2 Å². The molecule has 4 aromatic rings. The van der Waals surface area contributed by atoms with Crippen LogP contribution in [0.2, 0.25) is 0 Å². The van der Waals surface area contributed by atoms with E-state index in [1.54, 1.807) is 30.6 Å². The van der Waals surface area contributed by atoms with Crippen LogP contribution in [0.1, 0.15) is 20.3 Å². The molecule has 1 atom stereocenters. The molecule has 6 heteroatoms. The summed E-state index contributed by atoms with van der Waals surface area (Å²) in [5, 5.41) is 2.69. The molecule has 1 unspecified atom stereocenters. The molecule has 3 aromatic carbocycles. The molecule has 0 fully saturated rings. The van der Waals surface area contributed by atoms with E-state index in [0.717, 1.165) is 28.9 Å². The van der Waals surface area contributed by atoms with Gasteiger partial charge in [-0.25, -0.2) is 9.78 Å². The van der Waals surface area contributed by atoms with Crippen molar-refractivity contribution in [3.63, 3.8) is 0 Å². The Hall–Kier alpha value is -3.80. The van der Waals surface area contributed by atoms with Crippen LogP contribution in [-0.2, 0) is 0 Å². The Labute approximate surface area is 175 Å². The number of hydrogen-bond acceptors (Lipinski definition) is 4. The van der Waals surface area contributed by atoms with Crippen molar-refractivity contribution in [1.82, 2.24) is 9.55 Å². The zero-order valence-electron chi connectivity index (χ0n) is 16.9. The van der Waals surface area contributed by atoms with E-state index in [1.165, 1.54) is 0 Å². The van der Waals surface area contributed by atoms with Crippen LogP contribution in [0.3, 0.4) is 0 Å². The third kappa shape index (κ3) is 4.43. The molecule has 0 bridgehead atoms. The van der Waals surface area contributed by atoms with Gasteiger partial charge >= 0.3 is 6.09 Å². The maximum Gasteiger partial charge on any atom is 0.417 e. The second-order valence-electron chi connectivity index (χ2n) is 6.98. The van der Waals surface area contributed by atoms with Gasteiger partial charge in [0.25, 0.3) is 0 Å². The molecule has 0 radical (unpaired) electrons. The van der Waals surface area contributed by atoms with E-state index in [9.17, 15) is 4.79 Å². The van der Waals surface area contributed by atoms with Gasteiger partial charge in [0.15, 0.2) is 0 Å². The van der Waals surface area contributed by atoms with Gasteiger partial charge in [-0.1, -0.05) is 25.1 Å². The van der Waals surface area contributed by atoms with E-state index in [4.69, 9.17) is 9.47 Å². The Morgan fingerprint density at radius 1 is 1.03 bits per heavy atom. The largest absolute Gasteiger partial charge is 0.491 e. The van der Waals surface area contributed by atoms with Crippen molar-refractivity contribution in [2.75, 3.05) is 5.32 Å². The quantitative estimate of drug-likeness (QED) is 0.442. The topological polar surface area (TPSA) is 65.4 Å². The average Bonchev–Trinajstić information content (AvgIpc) is 3.18. The third-order valence-electron chi connectivity index (χ3n) is 4.78. The number of ether oxygens (including phenoxy) is 2. The summed E-state index contributed by atoms with van der Waals surface area (Å²) < 4.78 is 13.2. The van der Waals surface area contributed by atoms with E-state index in [-0.39, 0.29) is 6.10 Å². The lowest BCUT2D eigenvalue weighted by Gasteiger charge is -2.12. The first kappa shape index (κ1) is 19.5. The summed E-state index contributed by atoms with van der Waals surface area (Å²) in [5.41, 5.74) is 3.44. The maximum atomic E-state index is 12.0. The Morgan fingerprint density at radius 3 is 2.50 bits per heavy atom. The van der Waals surface area contributed by atoms with E-state index < -0.39 is 6.09 Å². The van der Waals surface area contributed by atoms with E-state index in [2.05, 4.69) is 17.2 Å². The number of fused-ring (bicyclic) bond motifs is 1. The Bertz CT molecular complexity index is 1140. The van der Waals surface area contributed by atoms with Crippen LogP contribution in [0.5, 0.6) is 11.5 Å². The summed E-state index contributed by atoms with van der Waals surface area (Å²) in [7, 11) is 0. The molecule has 0 spiro atoms. The van der Waals surface area contributed by atoms with E-state index in [0.29, 0.717) is 11.4 Å². The number of nitrogens with one attached hydrogen (secondary N) is 1. The number of amides is 1. The van der Waals surface area contributed by atoms with Crippen LogP contribution < -0.4 is 14.8 Å². The first-order valence-electron chi connectivity index (χ1n) is 9.90. The van der Waals surface area contributed by atoms with Crippen molar-refractivity contribution < 1.29 is 14.3 Å². The SMILES string of the molecule is CCC(C)Oc1ccc2c(c1)ncn2-c1ccc(OC(=O)Nc2ccccc2)cc1. The summed E-state index contributed by atoms with van der Waals surface area (Å²) in [6, 6.07) is 22.4. The molecule has 0 aliphatic rings. The number of imidazole rings is 1. The second kappa shape index (κ2) is 8.69. The lowest BCUT2D eigenvalue weighted by atomic mass is 10.2. The Kier molecular flexibility index (Phi) is 5.66. The smallest absolute Gasteiger partial charge is 0.417 e. The Balaban J connectivity index is 1.47. The van der Waals surface area contributed by atoms with Crippen LogP contribution in [0.4, 0.5) is 10.5 Å². The van der Waals surface area contributed by atoms with Gasteiger partial charge in [0, 0.05) is 17.4 Å². The first-order chi connectivity index (χ1) is 14.6. The molecule has 0 aliphatic heterocycles. The van der Waals surface area contributed by atoms with E-state index in [1.807, 2.05) is 60.0 Å². The van der Waals surface area contributed by atoms with Crippen LogP contribution in [0.25, 0.3) is 16.7 Å². The van der Waals surface area contributed by atoms with Gasteiger partial charge in [0.05, 0.1) is 17.1 Å². The fourth-order valence-electron chi connectivity index (χ4n) is 3.03. The predicted molar refractivity (Wildman–Crippen MR) is 118 cm³/mol. The molecule has 0 aliphatic carbocycles. The molecule has 152 valence electrons. The van der Waals surface area contributed by atoms with Crippen LogP contribution in [-0.4, -0.2) is 21.7 Å². The molecule has 0 saturated carbocycles. The van der Waals surface area contributed by atoms with Gasteiger partial charge < -0.3 is 9.47 Å². The number of carbonyl (C=O) groups excluding carboxylic acids is 1. The zero-order chi connectivity index (χ0) is 20.9. The lowest BCUT2D eigenvalue weighted by Crippen LogP contribution is -2.16. The highest BCUT2D eigenvalue weighted by Gasteiger charge is 2.09. The number of para-hydroxylation sites is 1. The first-order valence-corrected chi connectivity index (χ1v) is 9.90. The zero-order valence-corrected chi connectivity index (χ0v) is 16.9. The predicted octanol–water partition coefficient (Wildman–Crippen LogP) is 5.81. The summed E-state index contributed by atoms with van der Waals surface area (Å²) in [6.45, 7) is 4.14. The minimum Gasteiger partial charge on any atom is -0.491 e. The van der Waals surface area contributed by atoms with Crippen molar-refractivity contribution in [2.24, 2.45) is 0 Å². The molecule has 30 heavy (non-hydrogen) atoms. The van der Waals surface area contributed by atoms with Gasteiger partial charge in [-0.3, -0.25) is 9.88 Å². The van der Waals surface area contributed by atoms with Gasteiger partial charge in [0.2, 0.25) is 0 Å². The molecule has 1 heterocycles. The minimum absolute atomic E-state index is 0.163. The number of rotatable bonds is 6. The van der Waals surface area contributed by atoms with E-state index >= 15 is 0 Å². The minimum atomic E-state index is -0.532. The van der Waals surface area contributed by atoms with Crippen LogP contribution >= 0.6 is 0 Å². The van der Waals surface area contributed by atoms with Gasteiger partial charge in [0.1, 0.15) is 17.8 Å². The summed E-state index contributed by atoms with van der Waals surface area (Å²) >= 11 is 0. The van der Waals surface area contributed by atoms with Crippen molar-refractivity contribution >= 4 is 22.8 Å². The maximum absolute atomic E-state index is 12.0. The molecule has 6 nitrogen and oxygen atoms in total. The molecule has 0 saturated heterocycles. The number of benzene rings is 3. The van der Waals surface area contributed by atoms with Crippen LogP contribution in [0, 0.1) is 0 Å².